The number of aryl methyl sites for hydroxylation is 2. The Kier molecular flexibility index (Phi) is 9.39. The van der Waals surface area contributed by atoms with Crippen LogP contribution in [0.25, 0.3) is 11.1 Å². The van der Waals surface area contributed by atoms with E-state index in [1.54, 1.807) is 12.1 Å². The maximum absolute atomic E-state index is 10.6. The molecule has 0 saturated heterocycles. The van der Waals surface area contributed by atoms with E-state index in [0.29, 0.717) is 12.3 Å². The Hall–Kier alpha value is -3.47. The molecule has 3 aromatic rings. The number of rotatable bonds is 13. The third kappa shape index (κ3) is 7.55. The van der Waals surface area contributed by atoms with Crippen molar-refractivity contribution < 1.29 is 19.4 Å². The molecule has 2 N–H and O–H groups in total. The van der Waals surface area contributed by atoms with Gasteiger partial charge in [-0.15, -0.1) is 0 Å². The molecule has 0 aliphatic carbocycles. The first-order valence-electron chi connectivity index (χ1n) is 12.0. The molecule has 0 aliphatic heterocycles. The molecule has 0 bridgehead atoms. The molecule has 5 nitrogen and oxygen atoms in total. The smallest absolute Gasteiger partial charge is 0.341 e. The third-order valence-electron chi connectivity index (χ3n) is 5.70. The first-order valence-corrected chi connectivity index (χ1v) is 12.0. The quantitative estimate of drug-likeness (QED) is 0.268. The molecule has 0 aromatic heterocycles. The number of benzene rings is 3. The first-order chi connectivity index (χ1) is 16.5. The fourth-order valence-electron chi connectivity index (χ4n) is 4.04. The Morgan fingerprint density at radius 2 is 1.62 bits per heavy atom. The highest BCUT2D eigenvalue weighted by Crippen LogP contribution is 2.32. The average Bonchev–Trinajstić information content (AvgIpc) is 2.82. The molecule has 0 amide bonds. The van der Waals surface area contributed by atoms with Crippen LogP contribution in [0.1, 0.15) is 49.3 Å². The normalized spacial score (nSPS) is 10.7. The molecule has 0 atom stereocenters. The van der Waals surface area contributed by atoms with Crippen molar-refractivity contribution in [1.29, 1.82) is 0 Å². The lowest BCUT2D eigenvalue weighted by Gasteiger charge is -2.15. The maximum Gasteiger partial charge on any atom is 0.341 e. The number of ether oxygens (including phenoxy) is 2. The lowest BCUT2D eigenvalue weighted by atomic mass is 9.94. The summed E-state index contributed by atoms with van der Waals surface area (Å²) in [5.74, 6) is 0.496. The van der Waals surface area contributed by atoms with Crippen LogP contribution in [0.4, 0.5) is 5.69 Å². The molecular weight excluding hydrogens is 426 g/mol. The first kappa shape index (κ1) is 25.2. The number of anilines is 1. The van der Waals surface area contributed by atoms with E-state index in [2.05, 4.69) is 62.5 Å². The highest BCUT2D eigenvalue weighted by Gasteiger charge is 2.09. The largest absolute Gasteiger partial charge is 0.494 e. The van der Waals surface area contributed by atoms with Crippen LogP contribution in [0, 0.1) is 13.8 Å². The van der Waals surface area contributed by atoms with Gasteiger partial charge < -0.3 is 19.9 Å². The predicted octanol–water partition coefficient (Wildman–Crippen LogP) is 7.01. The average molecular weight is 462 g/mol. The van der Waals surface area contributed by atoms with Crippen LogP contribution in [0.5, 0.6) is 11.5 Å². The molecule has 34 heavy (non-hydrogen) atoms. The lowest BCUT2D eigenvalue weighted by molar-refractivity contribution is -0.139. The highest BCUT2D eigenvalue weighted by atomic mass is 16.5. The van der Waals surface area contributed by atoms with E-state index >= 15 is 0 Å². The topological polar surface area (TPSA) is 67.8 Å². The fraction of sp³-hybridized carbons (Fsp3) is 0.345. The summed E-state index contributed by atoms with van der Waals surface area (Å²) < 4.78 is 11.2. The number of carbonyl (C=O) groups is 1. The second-order valence-corrected chi connectivity index (χ2v) is 8.60. The van der Waals surface area contributed by atoms with Crippen LogP contribution in [0.15, 0.2) is 60.7 Å². The van der Waals surface area contributed by atoms with Crippen molar-refractivity contribution in [3.63, 3.8) is 0 Å². The number of aliphatic carboxylic acids is 1. The summed E-state index contributed by atoms with van der Waals surface area (Å²) in [5, 5.41) is 12.1. The summed E-state index contributed by atoms with van der Waals surface area (Å²) in [6, 6.07) is 20.2. The summed E-state index contributed by atoms with van der Waals surface area (Å²) in [6.45, 7) is 7.61. The van der Waals surface area contributed by atoms with Crippen LogP contribution >= 0.6 is 0 Å². The number of carboxylic acid groups (broad SMARTS) is 1. The molecule has 5 heteroatoms. The van der Waals surface area contributed by atoms with Gasteiger partial charge in [0.15, 0.2) is 6.61 Å². The van der Waals surface area contributed by atoms with E-state index in [1.165, 1.54) is 47.1 Å². The number of nitrogens with one attached hydrogen (secondary N) is 1. The van der Waals surface area contributed by atoms with Gasteiger partial charge >= 0.3 is 5.97 Å². The van der Waals surface area contributed by atoms with Crippen molar-refractivity contribution in [3.05, 3.63) is 77.4 Å². The van der Waals surface area contributed by atoms with Crippen molar-refractivity contribution in [2.24, 2.45) is 0 Å². The Balaban J connectivity index is 1.62. The van der Waals surface area contributed by atoms with Gasteiger partial charge in [0.2, 0.25) is 0 Å². The van der Waals surface area contributed by atoms with Crippen molar-refractivity contribution >= 4 is 11.7 Å². The van der Waals surface area contributed by atoms with Crippen molar-refractivity contribution in [2.75, 3.05) is 18.5 Å². The van der Waals surface area contributed by atoms with Gasteiger partial charge in [-0.2, -0.15) is 0 Å². The van der Waals surface area contributed by atoms with Gasteiger partial charge in [0.25, 0.3) is 0 Å². The zero-order chi connectivity index (χ0) is 24.3. The molecule has 0 saturated carbocycles. The van der Waals surface area contributed by atoms with Gasteiger partial charge in [-0.25, -0.2) is 4.79 Å². The Morgan fingerprint density at radius 3 is 2.29 bits per heavy atom. The SMILES string of the molecule is CCCCCCOc1cc(C)c(-c2cccc(CNc3ccc(OCC(=O)O)cc3)c2)c(C)c1. The molecule has 180 valence electrons. The summed E-state index contributed by atoms with van der Waals surface area (Å²) in [7, 11) is 0. The predicted molar refractivity (Wildman–Crippen MR) is 138 cm³/mol. The summed E-state index contributed by atoms with van der Waals surface area (Å²) in [6.07, 6.45) is 4.81. The van der Waals surface area contributed by atoms with E-state index < -0.39 is 5.97 Å². The Labute approximate surface area is 202 Å². The molecule has 0 radical (unpaired) electrons. The molecule has 0 unspecified atom stereocenters. The molecule has 3 aromatic carbocycles. The lowest BCUT2D eigenvalue weighted by Crippen LogP contribution is -2.09. The van der Waals surface area contributed by atoms with Crippen molar-refractivity contribution in [1.82, 2.24) is 0 Å². The fourth-order valence-corrected chi connectivity index (χ4v) is 4.04. The van der Waals surface area contributed by atoms with Crippen molar-refractivity contribution in [2.45, 2.75) is 53.0 Å². The number of carboxylic acids is 1. The van der Waals surface area contributed by atoms with Gasteiger partial charge in [0.1, 0.15) is 11.5 Å². The van der Waals surface area contributed by atoms with Gasteiger partial charge in [-0.1, -0.05) is 44.4 Å². The van der Waals surface area contributed by atoms with E-state index in [0.717, 1.165) is 24.5 Å². The van der Waals surface area contributed by atoms with E-state index in [4.69, 9.17) is 14.6 Å². The van der Waals surface area contributed by atoms with Crippen LogP contribution in [0.3, 0.4) is 0 Å². The monoisotopic (exact) mass is 461 g/mol. The zero-order valence-electron chi connectivity index (χ0n) is 20.4. The van der Waals surface area contributed by atoms with Crippen LogP contribution in [-0.2, 0) is 11.3 Å². The second kappa shape index (κ2) is 12.7. The van der Waals surface area contributed by atoms with E-state index in [1.807, 2.05) is 12.1 Å². The van der Waals surface area contributed by atoms with Crippen molar-refractivity contribution in [3.8, 4) is 22.6 Å². The number of unbranched alkanes of at least 4 members (excludes halogenated alkanes) is 3. The zero-order valence-corrected chi connectivity index (χ0v) is 20.4. The molecular formula is C29H35NO4. The summed E-state index contributed by atoms with van der Waals surface area (Å²) in [4.78, 5) is 10.6. The minimum absolute atomic E-state index is 0.343. The minimum Gasteiger partial charge on any atom is -0.494 e. The number of hydrogen-bond acceptors (Lipinski definition) is 4. The van der Waals surface area contributed by atoms with Gasteiger partial charge in [0, 0.05) is 12.2 Å². The third-order valence-corrected chi connectivity index (χ3v) is 5.70. The minimum atomic E-state index is -0.989. The maximum atomic E-state index is 10.6. The molecule has 0 heterocycles. The van der Waals surface area contributed by atoms with E-state index in [-0.39, 0.29) is 6.61 Å². The highest BCUT2D eigenvalue weighted by molar-refractivity contribution is 5.72. The molecule has 0 fully saturated rings. The Morgan fingerprint density at radius 1 is 0.882 bits per heavy atom. The van der Waals surface area contributed by atoms with Crippen LogP contribution in [0.2, 0.25) is 0 Å². The molecule has 0 spiro atoms. The summed E-state index contributed by atoms with van der Waals surface area (Å²) >= 11 is 0. The molecule has 0 aliphatic rings. The number of hydrogen-bond donors (Lipinski definition) is 2. The van der Waals surface area contributed by atoms with Gasteiger partial charge in [0.05, 0.1) is 6.61 Å². The molecule has 3 rings (SSSR count). The van der Waals surface area contributed by atoms with Gasteiger partial charge in [-0.3, -0.25) is 0 Å². The second-order valence-electron chi connectivity index (χ2n) is 8.60. The van der Waals surface area contributed by atoms with E-state index in [9.17, 15) is 4.79 Å². The van der Waals surface area contributed by atoms with Crippen LogP contribution in [-0.4, -0.2) is 24.3 Å². The Bertz CT molecular complexity index is 1050. The summed E-state index contributed by atoms with van der Waals surface area (Å²) in [5.41, 5.74) is 7.00. The van der Waals surface area contributed by atoms with Crippen LogP contribution < -0.4 is 14.8 Å². The van der Waals surface area contributed by atoms with Gasteiger partial charge in [-0.05, 0) is 90.6 Å². The standard InChI is InChI=1S/C29H35NO4/c1-4-5-6-7-15-33-27-16-21(2)29(22(3)17-27)24-10-8-9-23(18-24)19-30-25-11-13-26(14-12-25)34-20-28(31)32/h8-14,16-18,30H,4-7,15,19-20H2,1-3H3,(H,31,32).